The number of unbranched alkanes of at least 4 members (excludes halogenated alkanes) is 5. The quantitative estimate of drug-likeness (QED) is 0.0555. The van der Waals surface area contributed by atoms with E-state index in [1.54, 1.807) is 41.5 Å². The Labute approximate surface area is 422 Å². The number of hydrogen-bond donors (Lipinski definition) is 9. The van der Waals surface area contributed by atoms with Crippen LogP contribution in [0.2, 0.25) is 0 Å². The number of rotatable bonds is 22. The second kappa shape index (κ2) is 32.6. The van der Waals surface area contributed by atoms with Gasteiger partial charge in [0.05, 0.1) is 12.8 Å². The van der Waals surface area contributed by atoms with E-state index >= 15 is 0 Å². The molecule has 1 aliphatic heterocycles. The number of amides is 8. The Balaban J connectivity index is 3.95. The molecule has 0 bridgehead atoms. The molecular weight excluding hydrogens is 917 g/mol. The molecule has 8 atom stereocenters. The SMILES string of the molecule is CC(C)CCCCCCCCC1CC(=O)NC(CCC(N)=O)C(=O)NC(CC(C)C)C(=O)NC(CC(C)C)C(=O)NC(C(C)C)C(=O)NC(CC(=O)O)C(=O)NC(CC(C)C)C(=O)NC(C(C)C)C(=O)O1. The summed E-state index contributed by atoms with van der Waals surface area (Å²) < 4.78 is 6.01. The summed E-state index contributed by atoms with van der Waals surface area (Å²) in [6.45, 7) is 21.8. The van der Waals surface area contributed by atoms with Crippen LogP contribution in [-0.2, 0) is 52.7 Å². The van der Waals surface area contributed by atoms with Crippen molar-refractivity contribution in [2.24, 2.45) is 41.2 Å². The average Bonchev–Trinajstić information content (AvgIpc) is 3.24. The highest BCUT2D eigenvalue weighted by molar-refractivity contribution is 5.98. The van der Waals surface area contributed by atoms with Crippen molar-refractivity contribution in [3.8, 4) is 0 Å². The van der Waals surface area contributed by atoms with E-state index in [1.165, 1.54) is 0 Å². The third-order valence-corrected chi connectivity index (χ3v) is 12.1. The van der Waals surface area contributed by atoms with Crippen LogP contribution in [0.4, 0.5) is 0 Å². The molecule has 71 heavy (non-hydrogen) atoms. The van der Waals surface area contributed by atoms with Gasteiger partial charge in [0.15, 0.2) is 0 Å². The Hall–Kier alpha value is -5.30. The summed E-state index contributed by atoms with van der Waals surface area (Å²) >= 11 is 0. The highest BCUT2D eigenvalue weighted by Gasteiger charge is 2.37. The second-order valence-electron chi connectivity index (χ2n) is 21.7. The monoisotopic (exact) mass is 1010 g/mol. The van der Waals surface area contributed by atoms with E-state index in [0.717, 1.165) is 38.5 Å². The van der Waals surface area contributed by atoms with Crippen LogP contribution in [-0.4, -0.2) is 113 Å². The van der Waals surface area contributed by atoms with Crippen molar-refractivity contribution in [3.63, 3.8) is 0 Å². The smallest absolute Gasteiger partial charge is 0.329 e. The number of ether oxygens (including phenoxy) is 1. The maximum Gasteiger partial charge on any atom is 0.329 e. The van der Waals surface area contributed by atoms with Gasteiger partial charge in [-0.05, 0) is 74.0 Å². The predicted molar refractivity (Wildman–Crippen MR) is 269 cm³/mol. The zero-order valence-corrected chi connectivity index (χ0v) is 44.7. The Morgan fingerprint density at radius 1 is 0.507 bits per heavy atom. The number of carboxylic acid groups (broad SMARTS) is 1. The van der Waals surface area contributed by atoms with Crippen LogP contribution >= 0.6 is 0 Å². The third-order valence-electron chi connectivity index (χ3n) is 12.1. The Kier molecular flexibility index (Phi) is 29.3. The molecule has 8 unspecified atom stereocenters. The molecule has 0 radical (unpaired) electrons. The fourth-order valence-electron chi connectivity index (χ4n) is 8.20. The molecule has 1 aliphatic rings. The zero-order chi connectivity index (χ0) is 54.1. The number of esters is 1. The van der Waals surface area contributed by atoms with Crippen LogP contribution in [0.1, 0.15) is 179 Å². The molecule has 406 valence electrons. The van der Waals surface area contributed by atoms with E-state index in [0.29, 0.717) is 12.3 Å². The minimum Gasteiger partial charge on any atom is -0.481 e. The first kappa shape index (κ1) is 63.7. The number of primary amides is 1. The number of carboxylic acids is 1. The maximum absolute atomic E-state index is 14.1. The molecule has 0 spiro atoms. The van der Waals surface area contributed by atoms with Crippen molar-refractivity contribution in [3.05, 3.63) is 0 Å². The van der Waals surface area contributed by atoms with Gasteiger partial charge in [-0.25, -0.2) is 4.79 Å². The number of carbonyl (C=O) groups is 10. The van der Waals surface area contributed by atoms with Crippen LogP contribution in [0.25, 0.3) is 0 Å². The lowest BCUT2D eigenvalue weighted by Gasteiger charge is -2.29. The maximum atomic E-state index is 14.1. The van der Waals surface area contributed by atoms with Gasteiger partial charge in [-0.3, -0.25) is 43.2 Å². The van der Waals surface area contributed by atoms with Crippen molar-refractivity contribution in [1.29, 1.82) is 0 Å². The van der Waals surface area contributed by atoms with Gasteiger partial charge in [0.25, 0.3) is 0 Å². The number of cyclic esters (lactones) is 1. The first-order valence-electron chi connectivity index (χ1n) is 25.9. The zero-order valence-electron chi connectivity index (χ0n) is 44.7. The summed E-state index contributed by atoms with van der Waals surface area (Å²) in [5, 5.41) is 28.3. The second-order valence-corrected chi connectivity index (χ2v) is 21.7. The van der Waals surface area contributed by atoms with Gasteiger partial charge < -0.3 is 52.8 Å². The number of nitrogens with two attached hydrogens (primary N) is 1. The van der Waals surface area contributed by atoms with Crippen LogP contribution in [0.5, 0.6) is 0 Å². The van der Waals surface area contributed by atoms with Gasteiger partial charge in [0.1, 0.15) is 48.4 Å². The summed E-state index contributed by atoms with van der Waals surface area (Å²) in [5.74, 6) is -9.89. The predicted octanol–water partition coefficient (Wildman–Crippen LogP) is 3.66. The molecule has 20 nitrogen and oxygen atoms in total. The van der Waals surface area contributed by atoms with E-state index in [9.17, 15) is 53.1 Å². The van der Waals surface area contributed by atoms with Crippen molar-refractivity contribution >= 4 is 59.2 Å². The van der Waals surface area contributed by atoms with Crippen molar-refractivity contribution < 1.29 is 57.8 Å². The minimum absolute atomic E-state index is 0.0433. The summed E-state index contributed by atoms with van der Waals surface area (Å²) in [6, 6.07) is -9.50. The molecule has 20 heteroatoms. The molecule has 0 saturated carbocycles. The fraction of sp³-hybridized carbons (Fsp3) is 0.804. The lowest BCUT2D eigenvalue weighted by atomic mass is 9.98. The first-order chi connectivity index (χ1) is 33.1. The summed E-state index contributed by atoms with van der Waals surface area (Å²) in [7, 11) is 0. The molecule has 10 N–H and O–H groups in total. The lowest BCUT2D eigenvalue weighted by molar-refractivity contribution is -0.156. The van der Waals surface area contributed by atoms with Gasteiger partial charge in [-0.2, -0.15) is 0 Å². The lowest BCUT2D eigenvalue weighted by Crippen LogP contribution is -2.61. The van der Waals surface area contributed by atoms with Crippen LogP contribution in [0.15, 0.2) is 0 Å². The van der Waals surface area contributed by atoms with Crippen LogP contribution in [0.3, 0.4) is 0 Å². The third kappa shape index (κ3) is 26.1. The first-order valence-corrected chi connectivity index (χ1v) is 25.9. The summed E-state index contributed by atoms with van der Waals surface area (Å²) in [4.78, 5) is 136. The number of hydrogen-bond acceptors (Lipinski definition) is 11. The minimum atomic E-state index is -1.72. The Morgan fingerprint density at radius 2 is 0.915 bits per heavy atom. The molecule has 8 amide bonds. The van der Waals surface area contributed by atoms with Gasteiger partial charge in [-0.1, -0.05) is 122 Å². The van der Waals surface area contributed by atoms with E-state index in [4.69, 9.17) is 10.5 Å². The van der Waals surface area contributed by atoms with E-state index in [2.05, 4.69) is 51.1 Å². The topological polar surface area (TPSA) is 310 Å². The average molecular weight is 1010 g/mol. The molecule has 0 aliphatic carbocycles. The standard InChI is InChI=1S/C51H90N8O12/c1-28(2)19-17-15-13-14-16-18-20-34-26-41(61)53-35(21-22-40(52)60)45(64)54-36(23-29(3)4)46(65)55-37(24-30(5)6)48(67)58-43(32(9)10)50(69)57-39(27-42(62)63)47(66)56-38(25-31(7)8)49(68)59-44(33(11)12)51(70)71-34/h28-39,43-44H,13-27H2,1-12H3,(H2,52,60)(H,53,61)(H,54,64)(H,55,65)(H,56,66)(H,57,69)(H,58,67)(H,59,68)(H,62,63). The number of nitrogens with one attached hydrogen (secondary N) is 7. The van der Waals surface area contributed by atoms with Gasteiger partial charge in [0, 0.05) is 6.42 Å². The molecular formula is C51H90N8O12. The van der Waals surface area contributed by atoms with Crippen molar-refractivity contribution in [2.75, 3.05) is 0 Å². The molecule has 1 saturated heterocycles. The fourth-order valence-corrected chi connectivity index (χ4v) is 8.20. The Bertz CT molecular complexity index is 1770. The Morgan fingerprint density at radius 3 is 1.35 bits per heavy atom. The van der Waals surface area contributed by atoms with Gasteiger partial charge in [-0.15, -0.1) is 0 Å². The molecule has 0 aromatic rings. The van der Waals surface area contributed by atoms with E-state index in [-0.39, 0.29) is 56.3 Å². The van der Waals surface area contributed by atoms with Crippen molar-refractivity contribution in [1.82, 2.24) is 37.2 Å². The van der Waals surface area contributed by atoms with E-state index in [1.807, 2.05) is 27.7 Å². The molecule has 1 heterocycles. The number of aliphatic carboxylic acids is 1. The normalized spacial score (nSPS) is 24.4. The highest BCUT2D eigenvalue weighted by Crippen LogP contribution is 2.19. The summed E-state index contributed by atoms with van der Waals surface area (Å²) in [6.07, 6.45) is 4.23. The van der Waals surface area contributed by atoms with Crippen molar-refractivity contribution in [2.45, 2.75) is 228 Å². The van der Waals surface area contributed by atoms with Gasteiger partial charge in [0.2, 0.25) is 47.3 Å². The summed E-state index contributed by atoms with van der Waals surface area (Å²) in [5.41, 5.74) is 5.48. The molecule has 1 fully saturated rings. The molecule has 0 aromatic carbocycles. The number of carbonyl (C=O) groups excluding carboxylic acids is 9. The van der Waals surface area contributed by atoms with E-state index < -0.39 is 132 Å². The molecule has 0 aromatic heterocycles. The highest BCUT2D eigenvalue weighted by atomic mass is 16.5. The molecule has 1 rings (SSSR count). The van der Waals surface area contributed by atoms with Gasteiger partial charge >= 0.3 is 11.9 Å². The van der Waals surface area contributed by atoms with Crippen LogP contribution < -0.4 is 43.0 Å². The largest absolute Gasteiger partial charge is 0.481 e. The van der Waals surface area contributed by atoms with Crippen LogP contribution in [0, 0.1) is 35.5 Å².